The number of hydrogen-bond acceptors (Lipinski definition) is 4. The van der Waals surface area contributed by atoms with Gasteiger partial charge in [0, 0.05) is 23.7 Å². The highest BCUT2D eigenvalue weighted by Crippen LogP contribution is 2.44. The Morgan fingerprint density at radius 1 is 1.50 bits per heavy atom. The van der Waals surface area contributed by atoms with Crippen LogP contribution in [0.2, 0.25) is 0 Å². The SMILES string of the molecule is O=C(NCC1(CO)CC1)Nc1ccc(Br)c([N+](=O)[O-])c1. The molecule has 1 aromatic carbocycles. The zero-order chi connectivity index (χ0) is 14.8. The molecule has 3 N–H and O–H groups in total. The number of urea groups is 1. The van der Waals surface area contributed by atoms with Crippen molar-refractivity contribution in [2.45, 2.75) is 12.8 Å². The van der Waals surface area contributed by atoms with Crippen molar-refractivity contribution in [3.05, 3.63) is 32.8 Å². The minimum atomic E-state index is -0.530. The number of amides is 2. The Hall–Kier alpha value is -1.67. The van der Waals surface area contributed by atoms with Crippen LogP contribution in [0.3, 0.4) is 0 Å². The van der Waals surface area contributed by atoms with E-state index >= 15 is 0 Å². The molecule has 0 atom stereocenters. The molecule has 0 saturated heterocycles. The van der Waals surface area contributed by atoms with Crippen LogP contribution in [0.5, 0.6) is 0 Å². The molecule has 1 fully saturated rings. The van der Waals surface area contributed by atoms with Crippen LogP contribution in [-0.2, 0) is 0 Å². The first-order valence-electron chi connectivity index (χ1n) is 6.05. The number of nitro benzene ring substituents is 1. The average Bonchev–Trinajstić information content (AvgIpc) is 3.19. The lowest BCUT2D eigenvalue weighted by atomic mass is 10.1. The summed E-state index contributed by atoms with van der Waals surface area (Å²) in [7, 11) is 0. The number of nitro groups is 1. The van der Waals surface area contributed by atoms with Crippen LogP contribution in [0.15, 0.2) is 22.7 Å². The first kappa shape index (κ1) is 14.7. The molecule has 1 saturated carbocycles. The molecule has 7 nitrogen and oxygen atoms in total. The van der Waals surface area contributed by atoms with E-state index in [4.69, 9.17) is 5.11 Å². The van der Waals surface area contributed by atoms with Gasteiger partial charge in [-0.15, -0.1) is 0 Å². The third-order valence-corrected chi connectivity index (χ3v) is 3.99. The molecular weight excluding hydrogens is 330 g/mol. The van der Waals surface area contributed by atoms with Crippen molar-refractivity contribution in [2.75, 3.05) is 18.5 Å². The van der Waals surface area contributed by atoms with Crippen molar-refractivity contribution in [3.8, 4) is 0 Å². The maximum absolute atomic E-state index is 11.7. The molecule has 0 spiro atoms. The summed E-state index contributed by atoms with van der Waals surface area (Å²) in [5.74, 6) is 0. The topological polar surface area (TPSA) is 104 Å². The van der Waals surface area contributed by atoms with Gasteiger partial charge in [-0.3, -0.25) is 10.1 Å². The van der Waals surface area contributed by atoms with Crippen LogP contribution >= 0.6 is 15.9 Å². The summed E-state index contributed by atoms with van der Waals surface area (Å²) < 4.78 is 0.352. The van der Waals surface area contributed by atoms with Crippen molar-refractivity contribution in [1.82, 2.24) is 5.32 Å². The summed E-state index contributed by atoms with van der Waals surface area (Å²) in [5.41, 5.74) is 0.0475. The molecule has 2 amide bonds. The van der Waals surface area contributed by atoms with Crippen molar-refractivity contribution in [3.63, 3.8) is 0 Å². The Kier molecular flexibility index (Phi) is 4.24. The van der Waals surface area contributed by atoms with E-state index in [1.54, 1.807) is 6.07 Å². The zero-order valence-corrected chi connectivity index (χ0v) is 12.1. The highest BCUT2D eigenvalue weighted by Gasteiger charge is 2.42. The van der Waals surface area contributed by atoms with Crippen LogP contribution in [-0.4, -0.2) is 29.2 Å². The average molecular weight is 344 g/mol. The van der Waals surface area contributed by atoms with Crippen molar-refractivity contribution < 1.29 is 14.8 Å². The van der Waals surface area contributed by atoms with E-state index < -0.39 is 11.0 Å². The van der Waals surface area contributed by atoms with Gasteiger partial charge in [0.05, 0.1) is 16.0 Å². The lowest BCUT2D eigenvalue weighted by molar-refractivity contribution is -0.385. The molecule has 20 heavy (non-hydrogen) atoms. The molecule has 0 bridgehead atoms. The zero-order valence-electron chi connectivity index (χ0n) is 10.6. The third-order valence-electron chi connectivity index (χ3n) is 3.32. The molecule has 1 aliphatic rings. The number of aliphatic hydroxyl groups is 1. The van der Waals surface area contributed by atoms with E-state index in [1.807, 2.05) is 0 Å². The maximum Gasteiger partial charge on any atom is 0.319 e. The molecule has 108 valence electrons. The van der Waals surface area contributed by atoms with Crippen LogP contribution in [0.25, 0.3) is 0 Å². The van der Waals surface area contributed by atoms with Gasteiger partial charge in [0.25, 0.3) is 5.69 Å². The second-order valence-corrected chi connectivity index (χ2v) is 5.74. The van der Waals surface area contributed by atoms with E-state index in [1.165, 1.54) is 12.1 Å². The molecular formula is C12H14BrN3O4. The van der Waals surface area contributed by atoms with Gasteiger partial charge in [-0.1, -0.05) is 0 Å². The highest BCUT2D eigenvalue weighted by atomic mass is 79.9. The van der Waals surface area contributed by atoms with E-state index in [0.717, 1.165) is 12.8 Å². The molecule has 1 aromatic rings. The molecule has 0 unspecified atom stereocenters. The van der Waals surface area contributed by atoms with Crippen LogP contribution in [0.1, 0.15) is 12.8 Å². The van der Waals surface area contributed by atoms with E-state index in [9.17, 15) is 14.9 Å². The van der Waals surface area contributed by atoms with E-state index in [2.05, 4.69) is 26.6 Å². The fourth-order valence-electron chi connectivity index (χ4n) is 1.74. The minimum Gasteiger partial charge on any atom is -0.396 e. The molecule has 1 aliphatic carbocycles. The fourth-order valence-corrected chi connectivity index (χ4v) is 2.13. The summed E-state index contributed by atoms with van der Waals surface area (Å²) >= 11 is 3.07. The van der Waals surface area contributed by atoms with Crippen LogP contribution in [0.4, 0.5) is 16.2 Å². The first-order chi connectivity index (χ1) is 9.46. The van der Waals surface area contributed by atoms with E-state index in [0.29, 0.717) is 16.7 Å². The number of anilines is 1. The molecule has 0 aromatic heterocycles. The lowest BCUT2D eigenvalue weighted by Gasteiger charge is -2.13. The number of carbonyl (C=O) groups is 1. The molecule has 0 heterocycles. The number of rotatable bonds is 5. The van der Waals surface area contributed by atoms with E-state index in [-0.39, 0.29) is 17.7 Å². The monoisotopic (exact) mass is 343 g/mol. The molecule has 0 radical (unpaired) electrons. The Balaban J connectivity index is 1.94. The summed E-state index contributed by atoms with van der Waals surface area (Å²) in [5, 5.41) is 25.1. The number of benzene rings is 1. The molecule has 0 aliphatic heterocycles. The highest BCUT2D eigenvalue weighted by molar-refractivity contribution is 9.10. The third kappa shape index (κ3) is 3.45. The van der Waals surface area contributed by atoms with Crippen LogP contribution in [0, 0.1) is 15.5 Å². The standard InChI is InChI=1S/C12H14BrN3O4/c13-9-2-1-8(5-10(9)16(19)20)15-11(18)14-6-12(7-17)3-4-12/h1-2,5,17H,3-4,6-7H2,(H2,14,15,18). The Morgan fingerprint density at radius 3 is 2.75 bits per heavy atom. The van der Waals surface area contributed by atoms with Gasteiger partial charge in [-0.25, -0.2) is 4.79 Å². The number of hydrogen-bond donors (Lipinski definition) is 3. The van der Waals surface area contributed by atoms with Gasteiger partial charge in [-0.2, -0.15) is 0 Å². The van der Waals surface area contributed by atoms with Gasteiger partial charge in [0.1, 0.15) is 0 Å². The van der Waals surface area contributed by atoms with Gasteiger partial charge in [0.2, 0.25) is 0 Å². The second kappa shape index (κ2) is 5.76. The normalized spacial score (nSPS) is 15.5. The predicted molar refractivity (Wildman–Crippen MR) is 76.6 cm³/mol. The molecule has 2 rings (SSSR count). The fraction of sp³-hybridized carbons (Fsp3) is 0.417. The number of carbonyl (C=O) groups excluding carboxylic acids is 1. The minimum absolute atomic E-state index is 0.0526. The second-order valence-electron chi connectivity index (χ2n) is 4.89. The first-order valence-corrected chi connectivity index (χ1v) is 6.85. The van der Waals surface area contributed by atoms with Crippen molar-refractivity contribution in [1.29, 1.82) is 0 Å². The maximum atomic E-state index is 11.7. The smallest absolute Gasteiger partial charge is 0.319 e. The largest absolute Gasteiger partial charge is 0.396 e. The number of aliphatic hydroxyl groups excluding tert-OH is 1. The Labute approximate surface area is 123 Å². The van der Waals surface area contributed by atoms with Crippen molar-refractivity contribution >= 4 is 33.3 Å². The Morgan fingerprint density at radius 2 is 2.20 bits per heavy atom. The summed E-state index contributed by atoms with van der Waals surface area (Å²) in [6.45, 7) is 0.449. The van der Waals surface area contributed by atoms with Gasteiger partial charge >= 0.3 is 6.03 Å². The summed E-state index contributed by atoms with van der Waals surface area (Å²) in [6.07, 6.45) is 1.79. The number of halogens is 1. The van der Waals surface area contributed by atoms with Crippen molar-refractivity contribution in [2.24, 2.45) is 5.41 Å². The number of nitrogens with zero attached hydrogens (tertiary/aromatic N) is 1. The van der Waals surface area contributed by atoms with Crippen LogP contribution < -0.4 is 10.6 Å². The lowest BCUT2D eigenvalue weighted by Crippen LogP contribution is -2.35. The Bertz CT molecular complexity index is 546. The molecule has 8 heteroatoms. The quantitative estimate of drug-likeness (QED) is 0.563. The number of nitrogens with one attached hydrogen (secondary N) is 2. The summed E-state index contributed by atoms with van der Waals surface area (Å²) in [6, 6.07) is 3.91. The predicted octanol–water partition coefficient (Wildman–Crippen LogP) is 2.25. The van der Waals surface area contributed by atoms with Gasteiger partial charge in [0.15, 0.2) is 0 Å². The summed E-state index contributed by atoms with van der Waals surface area (Å²) in [4.78, 5) is 21.9. The van der Waals surface area contributed by atoms with Gasteiger partial charge in [-0.05, 0) is 40.9 Å². The van der Waals surface area contributed by atoms with Gasteiger partial charge < -0.3 is 15.7 Å².